The highest BCUT2D eigenvalue weighted by Gasteiger charge is 2.15. The first kappa shape index (κ1) is 10.5. The molecule has 5 heteroatoms. The van der Waals surface area contributed by atoms with Gasteiger partial charge in [0.1, 0.15) is 0 Å². The van der Waals surface area contributed by atoms with Gasteiger partial charge in [0.25, 0.3) is 0 Å². The van der Waals surface area contributed by atoms with Crippen molar-refractivity contribution in [3.63, 3.8) is 0 Å². The lowest BCUT2D eigenvalue weighted by molar-refractivity contribution is 0.0696. The zero-order chi connectivity index (χ0) is 11.7. The van der Waals surface area contributed by atoms with Gasteiger partial charge < -0.3 is 14.2 Å². The molecule has 0 saturated carbocycles. The molecule has 2 rings (SSSR count). The third-order valence-corrected chi connectivity index (χ3v) is 2.61. The summed E-state index contributed by atoms with van der Waals surface area (Å²) in [5, 5.41) is 12.6. The number of aromatic carboxylic acids is 1. The highest BCUT2D eigenvalue weighted by molar-refractivity contribution is 5.89. The van der Waals surface area contributed by atoms with E-state index in [2.05, 4.69) is 5.16 Å². The molecule has 0 amide bonds. The second-order valence-electron chi connectivity index (χ2n) is 3.65. The molecular formula is C11H12N2O3. The fourth-order valence-corrected chi connectivity index (χ4v) is 1.74. The molecule has 5 nitrogen and oxygen atoms in total. The molecule has 0 atom stereocenters. The molecule has 0 aliphatic rings. The molecule has 0 fully saturated rings. The van der Waals surface area contributed by atoms with Crippen molar-refractivity contribution in [2.75, 3.05) is 0 Å². The smallest absolute Gasteiger partial charge is 0.337 e. The average Bonchev–Trinajstić information content (AvgIpc) is 2.81. The Morgan fingerprint density at radius 2 is 2.31 bits per heavy atom. The van der Waals surface area contributed by atoms with Crippen LogP contribution < -0.4 is 0 Å². The summed E-state index contributed by atoms with van der Waals surface area (Å²) in [5.74, 6) is -0.198. The largest absolute Gasteiger partial charge is 0.478 e. The van der Waals surface area contributed by atoms with Crippen LogP contribution in [0.3, 0.4) is 0 Å². The van der Waals surface area contributed by atoms with E-state index in [0.29, 0.717) is 17.9 Å². The monoisotopic (exact) mass is 220 g/mol. The molecule has 0 spiro atoms. The predicted octanol–water partition coefficient (Wildman–Crippen LogP) is 1.84. The van der Waals surface area contributed by atoms with Crippen molar-refractivity contribution in [2.24, 2.45) is 0 Å². The van der Waals surface area contributed by atoms with Gasteiger partial charge in [-0.25, -0.2) is 4.79 Å². The van der Waals surface area contributed by atoms with Crippen LogP contribution >= 0.6 is 0 Å². The second-order valence-corrected chi connectivity index (χ2v) is 3.65. The molecule has 0 aliphatic heterocycles. The highest BCUT2D eigenvalue weighted by atomic mass is 16.5. The van der Waals surface area contributed by atoms with E-state index < -0.39 is 5.97 Å². The van der Waals surface area contributed by atoms with Gasteiger partial charge >= 0.3 is 5.97 Å². The minimum Gasteiger partial charge on any atom is -0.478 e. The Morgan fingerprint density at radius 1 is 1.56 bits per heavy atom. The normalized spacial score (nSPS) is 10.6. The summed E-state index contributed by atoms with van der Waals surface area (Å²) >= 11 is 0. The zero-order valence-corrected chi connectivity index (χ0v) is 9.10. The van der Waals surface area contributed by atoms with Gasteiger partial charge in [-0.15, -0.1) is 0 Å². The lowest BCUT2D eigenvalue weighted by atomic mass is 10.2. The minimum absolute atomic E-state index is 0.331. The van der Waals surface area contributed by atoms with E-state index in [1.54, 1.807) is 25.3 Å². The van der Waals surface area contributed by atoms with Gasteiger partial charge in [-0.05, 0) is 19.9 Å². The molecule has 0 saturated heterocycles. The van der Waals surface area contributed by atoms with Gasteiger partial charge in [0.05, 0.1) is 18.3 Å². The van der Waals surface area contributed by atoms with Crippen molar-refractivity contribution in [3.8, 4) is 0 Å². The SMILES string of the molecule is Cc1cc(C(=O)O)c(C)n1Cc1ccno1. The van der Waals surface area contributed by atoms with Crippen molar-refractivity contribution in [1.29, 1.82) is 0 Å². The van der Waals surface area contributed by atoms with Crippen molar-refractivity contribution in [3.05, 3.63) is 41.0 Å². The number of hydrogen-bond acceptors (Lipinski definition) is 3. The topological polar surface area (TPSA) is 68.3 Å². The van der Waals surface area contributed by atoms with Crippen LogP contribution in [-0.4, -0.2) is 20.8 Å². The Bertz CT molecular complexity index is 512. The molecule has 84 valence electrons. The number of hydrogen-bond donors (Lipinski definition) is 1. The summed E-state index contributed by atoms with van der Waals surface area (Å²) < 4.78 is 6.89. The standard InChI is InChI=1S/C11H12N2O3/c1-7-5-10(11(14)15)8(2)13(7)6-9-3-4-12-16-9/h3-5H,6H2,1-2H3,(H,14,15). The predicted molar refractivity (Wildman–Crippen MR) is 56.5 cm³/mol. The third kappa shape index (κ3) is 1.71. The maximum absolute atomic E-state index is 10.9. The van der Waals surface area contributed by atoms with E-state index in [9.17, 15) is 4.79 Å². The fourth-order valence-electron chi connectivity index (χ4n) is 1.74. The van der Waals surface area contributed by atoms with E-state index in [1.165, 1.54) is 0 Å². The Kier molecular flexibility index (Phi) is 2.52. The molecule has 0 bridgehead atoms. The molecule has 2 heterocycles. The Labute approximate surface area is 92.3 Å². The molecule has 0 radical (unpaired) electrons. The van der Waals surface area contributed by atoms with Crippen molar-refractivity contribution in [2.45, 2.75) is 20.4 Å². The van der Waals surface area contributed by atoms with Gasteiger partial charge in [-0.1, -0.05) is 5.16 Å². The molecule has 0 unspecified atom stereocenters. The van der Waals surface area contributed by atoms with Gasteiger partial charge in [-0.2, -0.15) is 0 Å². The maximum Gasteiger partial charge on any atom is 0.337 e. The highest BCUT2D eigenvalue weighted by Crippen LogP contribution is 2.16. The summed E-state index contributed by atoms with van der Waals surface area (Å²) in [6.45, 7) is 4.16. The van der Waals surface area contributed by atoms with Crippen molar-refractivity contribution >= 4 is 5.97 Å². The van der Waals surface area contributed by atoms with E-state index in [4.69, 9.17) is 9.63 Å². The van der Waals surface area contributed by atoms with Gasteiger partial charge in [0, 0.05) is 17.5 Å². The van der Waals surface area contributed by atoms with E-state index >= 15 is 0 Å². The summed E-state index contributed by atoms with van der Waals surface area (Å²) in [7, 11) is 0. The fraction of sp³-hybridized carbons (Fsp3) is 0.273. The van der Waals surface area contributed by atoms with Crippen LogP contribution in [0.2, 0.25) is 0 Å². The summed E-state index contributed by atoms with van der Waals surface area (Å²) in [6.07, 6.45) is 1.57. The van der Waals surface area contributed by atoms with E-state index in [0.717, 1.165) is 11.4 Å². The second kappa shape index (κ2) is 3.84. The van der Waals surface area contributed by atoms with Gasteiger partial charge in [-0.3, -0.25) is 0 Å². The molecule has 0 aliphatic carbocycles. The Hall–Kier alpha value is -2.04. The average molecular weight is 220 g/mol. The van der Waals surface area contributed by atoms with Gasteiger partial charge in [0.15, 0.2) is 5.76 Å². The number of carbonyl (C=O) groups is 1. The number of aromatic nitrogens is 2. The molecule has 0 aromatic carbocycles. The van der Waals surface area contributed by atoms with Gasteiger partial charge in [0.2, 0.25) is 0 Å². The maximum atomic E-state index is 10.9. The van der Waals surface area contributed by atoms with Crippen LogP contribution in [0, 0.1) is 13.8 Å². The van der Waals surface area contributed by atoms with Crippen LogP contribution in [0.15, 0.2) is 22.9 Å². The van der Waals surface area contributed by atoms with Crippen molar-refractivity contribution < 1.29 is 14.4 Å². The first-order chi connectivity index (χ1) is 7.59. The summed E-state index contributed by atoms with van der Waals surface area (Å²) in [4.78, 5) is 10.9. The molecule has 2 aromatic rings. The van der Waals surface area contributed by atoms with Crippen LogP contribution in [0.1, 0.15) is 27.5 Å². The van der Waals surface area contributed by atoms with E-state index in [1.807, 2.05) is 11.5 Å². The zero-order valence-electron chi connectivity index (χ0n) is 9.10. The molecule has 1 N–H and O–H groups in total. The minimum atomic E-state index is -0.906. The lowest BCUT2D eigenvalue weighted by Crippen LogP contribution is -2.05. The van der Waals surface area contributed by atoms with E-state index in [-0.39, 0.29) is 0 Å². The number of aryl methyl sites for hydroxylation is 1. The van der Waals surface area contributed by atoms with Crippen molar-refractivity contribution in [1.82, 2.24) is 9.72 Å². The first-order valence-electron chi connectivity index (χ1n) is 4.89. The Morgan fingerprint density at radius 3 is 2.81 bits per heavy atom. The number of nitrogens with zero attached hydrogens (tertiary/aromatic N) is 2. The van der Waals surface area contributed by atoms with Crippen LogP contribution in [0.4, 0.5) is 0 Å². The quantitative estimate of drug-likeness (QED) is 0.856. The van der Waals surface area contributed by atoms with Crippen LogP contribution in [0.25, 0.3) is 0 Å². The summed E-state index contributed by atoms with van der Waals surface area (Å²) in [6, 6.07) is 3.42. The number of rotatable bonds is 3. The summed E-state index contributed by atoms with van der Waals surface area (Å²) in [5.41, 5.74) is 1.95. The molecule has 16 heavy (non-hydrogen) atoms. The van der Waals surface area contributed by atoms with Crippen LogP contribution in [-0.2, 0) is 6.54 Å². The Balaban J connectivity index is 2.38. The third-order valence-electron chi connectivity index (χ3n) is 2.61. The first-order valence-corrected chi connectivity index (χ1v) is 4.89. The van der Waals surface area contributed by atoms with Crippen LogP contribution in [0.5, 0.6) is 0 Å². The number of carboxylic acid groups (broad SMARTS) is 1. The molecule has 2 aromatic heterocycles. The molecular weight excluding hydrogens is 208 g/mol. The number of carboxylic acids is 1. The lowest BCUT2D eigenvalue weighted by Gasteiger charge is -2.06.